The van der Waals surface area contributed by atoms with Gasteiger partial charge >= 0.3 is 0 Å². The van der Waals surface area contributed by atoms with Crippen molar-refractivity contribution in [2.45, 2.75) is 71.0 Å². The minimum atomic E-state index is 0.683. The van der Waals surface area contributed by atoms with Crippen LogP contribution in [0.2, 0.25) is 0 Å². The van der Waals surface area contributed by atoms with Gasteiger partial charge in [0.15, 0.2) is 0 Å². The minimum absolute atomic E-state index is 0.683. The van der Waals surface area contributed by atoms with E-state index in [1.54, 1.807) is 0 Å². The molecule has 0 amide bonds. The molecule has 0 spiro atoms. The summed E-state index contributed by atoms with van der Waals surface area (Å²) in [5, 5.41) is 3.74. The second-order valence-corrected chi connectivity index (χ2v) is 7.06. The summed E-state index contributed by atoms with van der Waals surface area (Å²) in [6.07, 6.45) is 6.52. The van der Waals surface area contributed by atoms with E-state index in [-0.39, 0.29) is 0 Å². The van der Waals surface area contributed by atoms with Crippen LogP contribution in [0.1, 0.15) is 52.9 Å². The minimum Gasteiger partial charge on any atom is -0.381 e. The summed E-state index contributed by atoms with van der Waals surface area (Å²) in [5.74, 6) is 1.72. The maximum absolute atomic E-state index is 5.53. The third kappa shape index (κ3) is 3.96. The van der Waals surface area contributed by atoms with Crippen molar-refractivity contribution in [1.82, 2.24) is 10.2 Å². The molecule has 3 unspecified atom stereocenters. The molecule has 3 nitrogen and oxygen atoms in total. The largest absolute Gasteiger partial charge is 0.381 e. The van der Waals surface area contributed by atoms with E-state index in [4.69, 9.17) is 4.74 Å². The normalized spacial score (nSPS) is 33.0. The summed E-state index contributed by atoms with van der Waals surface area (Å²) in [7, 11) is 2.35. The number of ether oxygens (including phenoxy) is 1. The molecule has 0 aromatic carbocycles. The molecule has 1 heterocycles. The fourth-order valence-electron chi connectivity index (χ4n) is 4.10. The topological polar surface area (TPSA) is 24.5 Å². The Hall–Kier alpha value is -0.120. The molecular weight excluding hydrogens is 248 g/mol. The molecule has 1 N–H and O–H groups in total. The maximum Gasteiger partial charge on any atom is 0.0480 e. The molecule has 20 heavy (non-hydrogen) atoms. The fourth-order valence-corrected chi connectivity index (χ4v) is 4.10. The molecule has 2 rings (SSSR count). The average Bonchev–Trinajstić information content (AvgIpc) is 2.48. The number of rotatable bonds is 5. The first-order valence-corrected chi connectivity index (χ1v) is 8.66. The Morgan fingerprint density at radius 2 is 1.85 bits per heavy atom. The Kier molecular flexibility index (Phi) is 6.31. The highest BCUT2D eigenvalue weighted by Crippen LogP contribution is 2.34. The van der Waals surface area contributed by atoms with Crippen molar-refractivity contribution in [3.05, 3.63) is 0 Å². The first-order chi connectivity index (χ1) is 9.63. The lowest BCUT2D eigenvalue weighted by atomic mass is 9.76. The quantitative estimate of drug-likeness (QED) is 0.839. The first-order valence-electron chi connectivity index (χ1n) is 8.66. The zero-order chi connectivity index (χ0) is 14.5. The van der Waals surface area contributed by atoms with Crippen molar-refractivity contribution < 1.29 is 4.74 Å². The van der Waals surface area contributed by atoms with E-state index in [9.17, 15) is 0 Å². The van der Waals surface area contributed by atoms with Crippen molar-refractivity contribution in [2.75, 3.05) is 26.8 Å². The molecule has 0 aromatic heterocycles. The van der Waals surface area contributed by atoms with Gasteiger partial charge in [-0.15, -0.1) is 0 Å². The van der Waals surface area contributed by atoms with Gasteiger partial charge in [-0.25, -0.2) is 0 Å². The number of nitrogens with one attached hydrogen (secondary N) is 1. The van der Waals surface area contributed by atoms with Gasteiger partial charge in [0.25, 0.3) is 0 Å². The molecule has 2 fully saturated rings. The molecule has 0 aromatic rings. The third-order valence-electron chi connectivity index (χ3n) is 5.56. The average molecular weight is 282 g/mol. The lowest BCUT2D eigenvalue weighted by Gasteiger charge is -2.46. The van der Waals surface area contributed by atoms with Gasteiger partial charge in [0.2, 0.25) is 0 Å². The number of hydrogen-bond donors (Lipinski definition) is 1. The van der Waals surface area contributed by atoms with Crippen molar-refractivity contribution in [3.63, 3.8) is 0 Å². The molecule has 0 bridgehead atoms. The molecule has 3 heteroatoms. The van der Waals surface area contributed by atoms with Gasteiger partial charge in [-0.1, -0.05) is 20.8 Å². The van der Waals surface area contributed by atoms with Crippen LogP contribution in [0.4, 0.5) is 0 Å². The molecule has 3 atom stereocenters. The van der Waals surface area contributed by atoms with Crippen LogP contribution in [0.3, 0.4) is 0 Å². The number of hydrogen-bond acceptors (Lipinski definition) is 3. The zero-order valence-corrected chi connectivity index (χ0v) is 13.9. The molecule has 1 saturated heterocycles. The Labute approximate surface area is 125 Å². The first kappa shape index (κ1) is 16.3. The lowest BCUT2D eigenvalue weighted by molar-refractivity contribution is 0.00510. The molecule has 1 saturated carbocycles. The maximum atomic E-state index is 5.53. The lowest BCUT2D eigenvalue weighted by Crippen LogP contribution is -2.56. The molecule has 1 aliphatic heterocycles. The van der Waals surface area contributed by atoms with Crippen molar-refractivity contribution in [2.24, 2.45) is 11.8 Å². The van der Waals surface area contributed by atoms with Crippen LogP contribution in [0.5, 0.6) is 0 Å². The number of nitrogens with zero attached hydrogens (tertiary/aromatic N) is 1. The highest BCUT2D eigenvalue weighted by atomic mass is 16.5. The zero-order valence-electron chi connectivity index (χ0n) is 13.9. The Bertz CT molecular complexity index is 276. The van der Waals surface area contributed by atoms with Gasteiger partial charge < -0.3 is 10.1 Å². The molecule has 1 aliphatic carbocycles. The Morgan fingerprint density at radius 3 is 2.45 bits per heavy atom. The van der Waals surface area contributed by atoms with Gasteiger partial charge in [0, 0.05) is 31.3 Å². The van der Waals surface area contributed by atoms with Crippen LogP contribution < -0.4 is 5.32 Å². The molecular formula is C17H34N2O. The van der Waals surface area contributed by atoms with E-state index in [2.05, 4.69) is 38.0 Å². The van der Waals surface area contributed by atoms with E-state index >= 15 is 0 Å². The Balaban J connectivity index is 2.01. The molecule has 118 valence electrons. The predicted octanol–water partition coefficient (Wildman–Crippen LogP) is 2.90. The van der Waals surface area contributed by atoms with Crippen molar-refractivity contribution in [1.29, 1.82) is 0 Å². The summed E-state index contributed by atoms with van der Waals surface area (Å²) in [6.45, 7) is 10.0. The molecule has 2 aliphatic rings. The van der Waals surface area contributed by atoms with Gasteiger partial charge in [-0.2, -0.15) is 0 Å². The molecule has 0 radical (unpaired) electrons. The van der Waals surface area contributed by atoms with E-state index in [0.717, 1.165) is 37.6 Å². The summed E-state index contributed by atoms with van der Waals surface area (Å²) < 4.78 is 5.53. The number of likely N-dealkylation sites (N-methyl/N-ethyl adjacent to an activating group) is 2. The summed E-state index contributed by atoms with van der Waals surface area (Å²) in [6, 6.07) is 2.11. The monoisotopic (exact) mass is 282 g/mol. The SMILES string of the molecule is CCNC1CCC(C(C)C)CC1N(C)C1CCOCC1. The smallest absolute Gasteiger partial charge is 0.0480 e. The third-order valence-corrected chi connectivity index (χ3v) is 5.56. The van der Waals surface area contributed by atoms with Crippen LogP contribution in [-0.2, 0) is 4.74 Å². The van der Waals surface area contributed by atoms with Crippen LogP contribution in [0.15, 0.2) is 0 Å². The second-order valence-electron chi connectivity index (χ2n) is 7.06. The predicted molar refractivity (Wildman–Crippen MR) is 85.0 cm³/mol. The highest BCUT2D eigenvalue weighted by molar-refractivity contribution is 4.93. The van der Waals surface area contributed by atoms with E-state index in [1.165, 1.54) is 32.1 Å². The summed E-state index contributed by atoms with van der Waals surface area (Å²) in [4.78, 5) is 2.68. The van der Waals surface area contributed by atoms with Crippen LogP contribution in [0.25, 0.3) is 0 Å². The second kappa shape index (κ2) is 7.77. The van der Waals surface area contributed by atoms with E-state index in [0.29, 0.717) is 12.1 Å². The Morgan fingerprint density at radius 1 is 1.15 bits per heavy atom. The van der Waals surface area contributed by atoms with Crippen LogP contribution in [0, 0.1) is 11.8 Å². The van der Waals surface area contributed by atoms with Gasteiger partial charge in [-0.3, -0.25) is 4.90 Å². The summed E-state index contributed by atoms with van der Waals surface area (Å²) in [5.41, 5.74) is 0. The van der Waals surface area contributed by atoms with Crippen LogP contribution >= 0.6 is 0 Å². The standard InChI is InChI=1S/C17H34N2O/c1-5-18-16-7-6-14(13(2)3)12-17(16)19(4)15-8-10-20-11-9-15/h13-18H,5-12H2,1-4H3. The summed E-state index contributed by atoms with van der Waals surface area (Å²) >= 11 is 0. The van der Waals surface area contributed by atoms with Gasteiger partial charge in [0.1, 0.15) is 0 Å². The van der Waals surface area contributed by atoms with Crippen molar-refractivity contribution >= 4 is 0 Å². The van der Waals surface area contributed by atoms with Crippen molar-refractivity contribution in [3.8, 4) is 0 Å². The van der Waals surface area contributed by atoms with Crippen LogP contribution in [-0.4, -0.2) is 49.8 Å². The van der Waals surface area contributed by atoms with Gasteiger partial charge in [-0.05, 0) is 57.5 Å². The van der Waals surface area contributed by atoms with E-state index < -0.39 is 0 Å². The van der Waals surface area contributed by atoms with E-state index in [1.807, 2.05) is 0 Å². The highest BCUT2D eigenvalue weighted by Gasteiger charge is 2.36. The van der Waals surface area contributed by atoms with Gasteiger partial charge in [0.05, 0.1) is 0 Å². The fraction of sp³-hybridized carbons (Fsp3) is 1.00.